The Morgan fingerprint density at radius 2 is 0.950 bits per heavy atom. The summed E-state index contributed by atoms with van der Waals surface area (Å²) in [5.74, 6) is -1.07. The van der Waals surface area contributed by atoms with E-state index in [2.05, 4.69) is 10.6 Å². The van der Waals surface area contributed by atoms with E-state index in [1.165, 1.54) is 29.0 Å². The SMILES string of the molecule is COc1ccc(N(C)C(=O)[C@H](Cc2ccccc2)NC(=O)Cn2c(=O)c3ccccc3n(CC(=O)N[C@@H](Cc3ccccc3)C(=O)N(C)c3ccc(OC)cc3)c2=O)cc1. The quantitative estimate of drug-likeness (QED) is 0.149. The summed E-state index contributed by atoms with van der Waals surface area (Å²) in [6.07, 6.45) is 0.275. The zero-order valence-corrected chi connectivity index (χ0v) is 33.7. The van der Waals surface area contributed by atoms with E-state index in [0.29, 0.717) is 22.9 Å². The lowest BCUT2D eigenvalue weighted by molar-refractivity contribution is -0.128. The third-order valence-corrected chi connectivity index (χ3v) is 10.1. The number of carbonyl (C=O) groups is 4. The van der Waals surface area contributed by atoms with Crippen LogP contribution < -0.4 is 41.2 Å². The molecule has 0 bridgehead atoms. The van der Waals surface area contributed by atoms with Crippen LogP contribution in [-0.2, 0) is 45.1 Å². The van der Waals surface area contributed by atoms with Gasteiger partial charge in [-0.15, -0.1) is 0 Å². The summed E-state index contributed by atoms with van der Waals surface area (Å²) < 4.78 is 12.3. The van der Waals surface area contributed by atoms with Gasteiger partial charge in [0.2, 0.25) is 23.6 Å². The first-order chi connectivity index (χ1) is 29.0. The van der Waals surface area contributed by atoms with Crippen molar-refractivity contribution in [3.63, 3.8) is 0 Å². The number of likely N-dealkylation sites (N-methyl/N-ethyl adjacent to an activating group) is 2. The molecule has 5 aromatic carbocycles. The molecule has 308 valence electrons. The number of carbonyl (C=O) groups excluding carboxylic acids is 4. The maximum Gasteiger partial charge on any atom is 0.332 e. The predicted molar refractivity (Wildman–Crippen MR) is 229 cm³/mol. The molecule has 0 aliphatic heterocycles. The fraction of sp³-hybridized carbons (Fsp3) is 0.217. The zero-order chi connectivity index (χ0) is 42.8. The number of hydrogen-bond donors (Lipinski definition) is 2. The third-order valence-electron chi connectivity index (χ3n) is 10.1. The number of ether oxygens (including phenoxy) is 2. The molecule has 60 heavy (non-hydrogen) atoms. The van der Waals surface area contributed by atoms with Gasteiger partial charge in [0.05, 0.1) is 25.1 Å². The van der Waals surface area contributed by atoms with Crippen LogP contribution in [0.2, 0.25) is 0 Å². The molecule has 0 radical (unpaired) electrons. The minimum absolute atomic E-state index is 0.0880. The number of amides is 4. The second-order valence-corrected chi connectivity index (χ2v) is 14.1. The van der Waals surface area contributed by atoms with E-state index < -0.39 is 60.1 Å². The van der Waals surface area contributed by atoms with Crippen LogP contribution in [0.5, 0.6) is 11.5 Å². The molecule has 0 spiro atoms. The molecular formula is C46H46N6O8. The van der Waals surface area contributed by atoms with Crippen LogP contribution in [0.1, 0.15) is 11.1 Å². The van der Waals surface area contributed by atoms with Crippen molar-refractivity contribution >= 4 is 45.9 Å². The molecule has 1 heterocycles. The molecule has 1 aromatic heterocycles. The van der Waals surface area contributed by atoms with Gasteiger partial charge in [0, 0.05) is 38.3 Å². The maximum absolute atomic E-state index is 14.2. The molecule has 0 saturated carbocycles. The van der Waals surface area contributed by atoms with E-state index >= 15 is 0 Å². The minimum atomic E-state index is -1.08. The standard InChI is InChI=1S/C46H46N6O8/c1-49(33-19-23-35(59-3)24-20-33)44(56)38(27-31-13-7-5-8-14-31)47-41(53)29-51-40-18-12-11-17-37(40)43(55)52(46(51)58)30-42(54)48-39(28-32-15-9-6-10-16-32)45(57)50(2)34-21-25-36(60-4)26-22-34/h5-26,38-39H,27-30H2,1-4H3,(H,47,53)(H,48,54)/t38-,39-/m0/s1. The van der Waals surface area contributed by atoms with Crippen molar-refractivity contribution < 1.29 is 28.7 Å². The molecule has 6 rings (SSSR count). The Morgan fingerprint density at radius 1 is 0.550 bits per heavy atom. The average Bonchev–Trinajstić information content (AvgIpc) is 3.28. The molecular weight excluding hydrogens is 765 g/mol. The van der Waals surface area contributed by atoms with E-state index in [-0.39, 0.29) is 23.7 Å². The number of methoxy groups -OCH3 is 2. The summed E-state index contributed by atoms with van der Waals surface area (Å²) in [5, 5.41) is 5.65. The van der Waals surface area contributed by atoms with E-state index in [1.54, 1.807) is 81.9 Å². The molecule has 14 heteroatoms. The smallest absolute Gasteiger partial charge is 0.332 e. The van der Waals surface area contributed by atoms with E-state index in [0.717, 1.165) is 20.3 Å². The van der Waals surface area contributed by atoms with Gasteiger partial charge in [-0.05, 0) is 71.8 Å². The third kappa shape index (κ3) is 9.96. The van der Waals surface area contributed by atoms with Crippen LogP contribution in [-0.4, -0.2) is 73.2 Å². The van der Waals surface area contributed by atoms with Crippen molar-refractivity contribution in [1.82, 2.24) is 19.8 Å². The Hall–Kier alpha value is -7.48. The highest BCUT2D eigenvalue weighted by atomic mass is 16.5. The van der Waals surface area contributed by atoms with E-state index in [1.807, 2.05) is 60.7 Å². The lowest BCUT2D eigenvalue weighted by Gasteiger charge is -2.26. The zero-order valence-electron chi connectivity index (χ0n) is 33.7. The van der Waals surface area contributed by atoms with Crippen molar-refractivity contribution in [3.05, 3.63) is 165 Å². The lowest BCUT2D eigenvalue weighted by Crippen LogP contribution is -2.52. The molecule has 6 aromatic rings. The molecule has 0 aliphatic rings. The lowest BCUT2D eigenvalue weighted by atomic mass is 10.0. The monoisotopic (exact) mass is 810 g/mol. The summed E-state index contributed by atoms with van der Waals surface area (Å²) >= 11 is 0. The van der Waals surface area contributed by atoms with Crippen molar-refractivity contribution in [2.45, 2.75) is 38.0 Å². The highest BCUT2D eigenvalue weighted by molar-refractivity contribution is 6.00. The number of nitrogens with zero attached hydrogens (tertiary/aromatic N) is 4. The first-order valence-electron chi connectivity index (χ1n) is 19.2. The Kier molecular flexibility index (Phi) is 13.6. The number of fused-ring (bicyclic) bond motifs is 1. The molecule has 14 nitrogen and oxygen atoms in total. The van der Waals surface area contributed by atoms with Crippen LogP contribution in [0.3, 0.4) is 0 Å². The Labute approximate surface area is 346 Å². The molecule has 2 N–H and O–H groups in total. The fourth-order valence-electron chi connectivity index (χ4n) is 6.86. The Morgan fingerprint density at radius 3 is 1.38 bits per heavy atom. The van der Waals surface area contributed by atoms with Crippen LogP contribution in [0.25, 0.3) is 10.9 Å². The molecule has 0 unspecified atom stereocenters. The molecule has 0 saturated heterocycles. The van der Waals surface area contributed by atoms with Gasteiger partial charge in [0.15, 0.2) is 0 Å². The highest BCUT2D eigenvalue weighted by Crippen LogP contribution is 2.21. The first-order valence-corrected chi connectivity index (χ1v) is 19.2. The summed E-state index contributed by atoms with van der Waals surface area (Å²) in [6.45, 7) is -1.31. The van der Waals surface area contributed by atoms with Crippen molar-refractivity contribution in [2.75, 3.05) is 38.1 Å². The molecule has 4 amide bonds. The largest absolute Gasteiger partial charge is 0.497 e. The normalized spacial score (nSPS) is 11.9. The first kappa shape index (κ1) is 42.1. The fourth-order valence-corrected chi connectivity index (χ4v) is 6.86. The van der Waals surface area contributed by atoms with E-state index in [9.17, 15) is 28.8 Å². The molecule has 2 atom stereocenters. The molecule has 0 fully saturated rings. The van der Waals surface area contributed by atoms with Gasteiger partial charge in [0.25, 0.3) is 5.56 Å². The van der Waals surface area contributed by atoms with Gasteiger partial charge < -0.3 is 29.9 Å². The van der Waals surface area contributed by atoms with Crippen molar-refractivity contribution in [3.8, 4) is 11.5 Å². The van der Waals surface area contributed by atoms with Gasteiger partial charge >= 0.3 is 5.69 Å². The van der Waals surface area contributed by atoms with Gasteiger partial charge in [-0.25, -0.2) is 4.79 Å². The summed E-state index contributed by atoms with van der Waals surface area (Å²) in [6, 6.07) is 36.2. The Balaban J connectivity index is 1.26. The summed E-state index contributed by atoms with van der Waals surface area (Å²) in [4.78, 5) is 86.5. The highest BCUT2D eigenvalue weighted by Gasteiger charge is 2.28. The Bertz CT molecular complexity index is 2580. The van der Waals surface area contributed by atoms with Gasteiger partial charge in [-0.1, -0.05) is 72.8 Å². The van der Waals surface area contributed by atoms with Crippen molar-refractivity contribution in [1.29, 1.82) is 0 Å². The number of para-hydroxylation sites is 1. The second-order valence-electron chi connectivity index (χ2n) is 14.1. The maximum atomic E-state index is 14.2. The average molecular weight is 811 g/mol. The topological polar surface area (TPSA) is 161 Å². The number of hydrogen-bond acceptors (Lipinski definition) is 8. The van der Waals surface area contributed by atoms with Gasteiger partial charge in [-0.3, -0.25) is 33.1 Å². The summed E-state index contributed by atoms with van der Waals surface area (Å²) in [5.41, 5.74) is 1.18. The van der Waals surface area contributed by atoms with Gasteiger partial charge in [0.1, 0.15) is 36.7 Å². The number of aromatic nitrogens is 2. The number of anilines is 2. The number of rotatable bonds is 16. The second kappa shape index (κ2) is 19.3. The minimum Gasteiger partial charge on any atom is -0.497 e. The van der Waals surface area contributed by atoms with Gasteiger partial charge in [-0.2, -0.15) is 0 Å². The predicted octanol–water partition coefficient (Wildman–Crippen LogP) is 3.96. The van der Waals surface area contributed by atoms with Crippen LogP contribution in [0, 0.1) is 0 Å². The van der Waals surface area contributed by atoms with Crippen LogP contribution >= 0.6 is 0 Å². The van der Waals surface area contributed by atoms with Crippen LogP contribution in [0.15, 0.2) is 143 Å². The number of nitrogens with one attached hydrogen (secondary N) is 2. The van der Waals surface area contributed by atoms with E-state index in [4.69, 9.17) is 9.47 Å². The molecule has 0 aliphatic carbocycles. The number of benzene rings is 5. The van der Waals surface area contributed by atoms with Crippen LogP contribution in [0.4, 0.5) is 11.4 Å². The summed E-state index contributed by atoms with van der Waals surface area (Å²) in [7, 11) is 6.26. The van der Waals surface area contributed by atoms with Crippen molar-refractivity contribution in [2.24, 2.45) is 0 Å².